The van der Waals surface area contributed by atoms with Crippen LogP contribution in [0.5, 0.6) is 5.88 Å². The quantitative estimate of drug-likeness (QED) is 0.919. The SMILES string of the molecule is CNC(Cc1ccc(OC)nc1)c1ccc(C)c(F)c1F. The molecule has 0 saturated heterocycles. The standard InChI is InChI=1S/C16H18F2N2O/c1-10-4-6-12(16(18)15(10)17)13(19-2)8-11-5-7-14(21-3)20-9-11/h4-7,9,13,19H,8H2,1-3H3. The molecule has 1 aromatic carbocycles. The zero-order chi connectivity index (χ0) is 15.4. The van der Waals surface area contributed by atoms with Gasteiger partial charge in [-0.25, -0.2) is 13.8 Å². The van der Waals surface area contributed by atoms with Crippen molar-refractivity contribution >= 4 is 0 Å². The van der Waals surface area contributed by atoms with Crippen LogP contribution in [-0.4, -0.2) is 19.1 Å². The number of hydrogen-bond donors (Lipinski definition) is 1. The number of likely N-dealkylation sites (N-methyl/N-ethyl adjacent to an activating group) is 1. The maximum atomic E-state index is 14.1. The molecule has 0 aliphatic carbocycles. The molecule has 1 heterocycles. The number of aromatic nitrogens is 1. The topological polar surface area (TPSA) is 34.1 Å². The van der Waals surface area contributed by atoms with Gasteiger partial charge in [0.1, 0.15) is 0 Å². The number of nitrogens with one attached hydrogen (secondary N) is 1. The van der Waals surface area contributed by atoms with Crippen molar-refractivity contribution in [3.63, 3.8) is 0 Å². The summed E-state index contributed by atoms with van der Waals surface area (Å²) in [5.41, 5.74) is 1.53. The lowest BCUT2D eigenvalue weighted by atomic mass is 9.98. The molecule has 1 unspecified atom stereocenters. The van der Waals surface area contributed by atoms with E-state index in [2.05, 4.69) is 10.3 Å². The Labute approximate surface area is 123 Å². The molecule has 1 atom stereocenters. The van der Waals surface area contributed by atoms with Crippen LogP contribution >= 0.6 is 0 Å². The molecule has 0 aliphatic rings. The van der Waals surface area contributed by atoms with Gasteiger partial charge in [0.2, 0.25) is 5.88 Å². The van der Waals surface area contributed by atoms with Crippen molar-refractivity contribution in [2.45, 2.75) is 19.4 Å². The third-order valence-corrected chi connectivity index (χ3v) is 3.48. The number of ether oxygens (including phenoxy) is 1. The maximum Gasteiger partial charge on any atom is 0.212 e. The van der Waals surface area contributed by atoms with E-state index in [1.807, 2.05) is 6.07 Å². The van der Waals surface area contributed by atoms with E-state index < -0.39 is 11.6 Å². The average Bonchev–Trinajstić information content (AvgIpc) is 2.51. The van der Waals surface area contributed by atoms with Crippen molar-refractivity contribution in [1.82, 2.24) is 10.3 Å². The van der Waals surface area contributed by atoms with Crippen LogP contribution in [0.25, 0.3) is 0 Å². The van der Waals surface area contributed by atoms with Gasteiger partial charge < -0.3 is 10.1 Å². The summed E-state index contributed by atoms with van der Waals surface area (Å²) in [6.45, 7) is 1.55. The molecule has 1 N–H and O–H groups in total. The summed E-state index contributed by atoms with van der Waals surface area (Å²) in [7, 11) is 3.27. The Morgan fingerprint density at radius 1 is 1.19 bits per heavy atom. The minimum Gasteiger partial charge on any atom is -0.481 e. The van der Waals surface area contributed by atoms with Gasteiger partial charge in [0.05, 0.1) is 7.11 Å². The monoisotopic (exact) mass is 292 g/mol. The van der Waals surface area contributed by atoms with Gasteiger partial charge in [-0.3, -0.25) is 0 Å². The molecule has 0 radical (unpaired) electrons. The van der Waals surface area contributed by atoms with Gasteiger partial charge in [-0.15, -0.1) is 0 Å². The van der Waals surface area contributed by atoms with Crippen LogP contribution in [0.3, 0.4) is 0 Å². The van der Waals surface area contributed by atoms with E-state index in [1.165, 1.54) is 0 Å². The summed E-state index contributed by atoms with van der Waals surface area (Å²) < 4.78 is 32.8. The Kier molecular flexibility index (Phi) is 4.85. The van der Waals surface area contributed by atoms with Gasteiger partial charge in [-0.05, 0) is 31.5 Å². The van der Waals surface area contributed by atoms with Crippen LogP contribution < -0.4 is 10.1 Å². The van der Waals surface area contributed by atoms with E-state index >= 15 is 0 Å². The fraction of sp³-hybridized carbons (Fsp3) is 0.312. The van der Waals surface area contributed by atoms with Crippen molar-refractivity contribution < 1.29 is 13.5 Å². The van der Waals surface area contributed by atoms with Crippen LogP contribution in [0.2, 0.25) is 0 Å². The van der Waals surface area contributed by atoms with Crippen LogP contribution in [0.4, 0.5) is 8.78 Å². The first kappa shape index (κ1) is 15.4. The Bertz CT molecular complexity index is 614. The lowest BCUT2D eigenvalue weighted by molar-refractivity contribution is 0.397. The molecular formula is C16H18F2N2O. The second-order valence-corrected chi connectivity index (χ2v) is 4.85. The minimum atomic E-state index is -0.796. The zero-order valence-corrected chi connectivity index (χ0v) is 12.3. The fourth-order valence-corrected chi connectivity index (χ4v) is 2.19. The number of halogens is 2. The van der Waals surface area contributed by atoms with Gasteiger partial charge >= 0.3 is 0 Å². The largest absolute Gasteiger partial charge is 0.481 e. The summed E-state index contributed by atoms with van der Waals surface area (Å²) >= 11 is 0. The molecule has 2 aromatic rings. The van der Waals surface area contributed by atoms with Crippen molar-refractivity contribution in [3.05, 3.63) is 58.8 Å². The van der Waals surface area contributed by atoms with E-state index in [0.29, 0.717) is 23.4 Å². The van der Waals surface area contributed by atoms with Crippen LogP contribution in [0.1, 0.15) is 22.7 Å². The number of benzene rings is 1. The molecule has 21 heavy (non-hydrogen) atoms. The molecule has 0 saturated carbocycles. The summed E-state index contributed by atoms with van der Waals surface area (Å²) in [4.78, 5) is 4.11. The lowest BCUT2D eigenvalue weighted by Gasteiger charge is -2.18. The molecular weight excluding hydrogens is 274 g/mol. The van der Waals surface area contributed by atoms with Crippen molar-refractivity contribution in [1.29, 1.82) is 0 Å². The number of aryl methyl sites for hydroxylation is 1. The summed E-state index contributed by atoms with van der Waals surface area (Å²) in [6, 6.07) is 6.48. The van der Waals surface area contributed by atoms with Gasteiger partial charge in [0, 0.05) is 23.9 Å². The highest BCUT2D eigenvalue weighted by molar-refractivity contribution is 5.29. The normalized spacial score (nSPS) is 12.2. The molecule has 1 aromatic heterocycles. The van der Waals surface area contributed by atoms with E-state index in [0.717, 1.165) is 5.56 Å². The third-order valence-electron chi connectivity index (χ3n) is 3.48. The highest BCUT2D eigenvalue weighted by Crippen LogP contribution is 2.24. The lowest BCUT2D eigenvalue weighted by Crippen LogP contribution is -2.21. The van der Waals surface area contributed by atoms with Gasteiger partial charge in [-0.1, -0.05) is 18.2 Å². The molecule has 0 spiro atoms. The van der Waals surface area contributed by atoms with Gasteiger partial charge in [0.15, 0.2) is 11.6 Å². The third kappa shape index (κ3) is 3.36. The number of methoxy groups -OCH3 is 1. The number of pyridine rings is 1. The van der Waals surface area contributed by atoms with Gasteiger partial charge in [-0.2, -0.15) is 0 Å². The molecule has 3 nitrogen and oxygen atoms in total. The fourth-order valence-electron chi connectivity index (χ4n) is 2.19. The average molecular weight is 292 g/mol. The van der Waals surface area contributed by atoms with E-state index in [-0.39, 0.29) is 6.04 Å². The Morgan fingerprint density at radius 2 is 1.95 bits per heavy atom. The van der Waals surface area contributed by atoms with E-state index in [4.69, 9.17) is 4.74 Å². The molecule has 5 heteroatoms. The number of hydrogen-bond acceptors (Lipinski definition) is 3. The predicted molar refractivity (Wildman–Crippen MR) is 77.4 cm³/mol. The van der Waals surface area contributed by atoms with E-state index in [9.17, 15) is 8.78 Å². The first-order valence-electron chi connectivity index (χ1n) is 6.67. The summed E-state index contributed by atoms with van der Waals surface area (Å²) in [6.07, 6.45) is 2.18. The van der Waals surface area contributed by atoms with Crippen LogP contribution in [0, 0.1) is 18.6 Å². The maximum absolute atomic E-state index is 14.1. The Balaban J connectivity index is 2.25. The summed E-state index contributed by atoms with van der Waals surface area (Å²) in [5.74, 6) is -1.07. The second kappa shape index (κ2) is 6.63. The Hall–Kier alpha value is -2.01. The van der Waals surface area contributed by atoms with Crippen molar-refractivity contribution in [2.24, 2.45) is 0 Å². The van der Waals surface area contributed by atoms with Crippen LogP contribution in [0.15, 0.2) is 30.5 Å². The predicted octanol–water partition coefficient (Wildman–Crippen LogP) is 3.18. The minimum absolute atomic E-state index is 0.303. The molecule has 112 valence electrons. The molecule has 0 aliphatic heterocycles. The highest BCUT2D eigenvalue weighted by atomic mass is 19.2. The number of rotatable bonds is 5. The second-order valence-electron chi connectivity index (χ2n) is 4.85. The molecule has 0 fully saturated rings. The smallest absolute Gasteiger partial charge is 0.212 e. The van der Waals surface area contributed by atoms with E-state index in [1.54, 1.807) is 45.5 Å². The zero-order valence-electron chi connectivity index (χ0n) is 12.3. The number of nitrogens with zero attached hydrogens (tertiary/aromatic N) is 1. The first-order valence-corrected chi connectivity index (χ1v) is 6.67. The molecule has 2 rings (SSSR count). The van der Waals surface area contributed by atoms with Crippen molar-refractivity contribution in [3.8, 4) is 5.88 Å². The van der Waals surface area contributed by atoms with Crippen molar-refractivity contribution in [2.75, 3.05) is 14.2 Å². The summed E-state index contributed by atoms with van der Waals surface area (Å²) in [5, 5.41) is 3.02. The molecule has 0 amide bonds. The van der Waals surface area contributed by atoms with Crippen LogP contribution in [-0.2, 0) is 6.42 Å². The molecule has 0 bridgehead atoms. The Morgan fingerprint density at radius 3 is 2.52 bits per heavy atom. The first-order chi connectivity index (χ1) is 10.1. The highest BCUT2D eigenvalue weighted by Gasteiger charge is 2.18. The van der Waals surface area contributed by atoms with Gasteiger partial charge in [0.25, 0.3) is 0 Å².